The molecule has 1 unspecified atom stereocenters. The first-order chi connectivity index (χ1) is 9.92. The number of nitrogens with two attached hydrogens (primary N) is 1. The fourth-order valence-corrected chi connectivity index (χ4v) is 2.17. The summed E-state index contributed by atoms with van der Waals surface area (Å²) >= 11 is 0. The van der Waals surface area contributed by atoms with Crippen molar-refractivity contribution in [3.63, 3.8) is 0 Å². The number of hydrogen-bond donors (Lipinski definition) is 1. The Bertz CT molecular complexity index is 470. The average Bonchev–Trinajstić information content (AvgIpc) is 2.42. The summed E-state index contributed by atoms with van der Waals surface area (Å²) in [5, 5.41) is 0. The van der Waals surface area contributed by atoms with Gasteiger partial charge in [0.25, 0.3) is 0 Å². The molecule has 0 aliphatic carbocycles. The zero-order valence-electron chi connectivity index (χ0n) is 13.5. The summed E-state index contributed by atoms with van der Waals surface area (Å²) in [6.45, 7) is 5.64. The maximum atomic E-state index is 13.9. The van der Waals surface area contributed by atoms with Gasteiger partial charge in [-0.3, -0.25) is 4.99 Å². The minimum Gasteiger partial charge on any atom is -0.370 e. The standard InChI is InChI=1S/C15H24F2N4.HI/c1-5-21(6-2)15(18)19-10-13(20(3)4)14-11(16)8-7-9-12(14)17;/h7-9,13H,5-6,10H2,1-4H3,(H2,18,19);1H. The fraction of sp³-hybridized carbons (Fsp3) is 0.533. The summed E-state index contributed by atoms with van der Waals surface area (Å²) in [6, 6.07) is 3.37. The molecule has 1 rings (SSSR count). The first kappa shape index (κ1) is 21.0. The summed E-state index contributed by atoms with van der Waals surface area (Å²) in [5.74, 6) is -0.737. The first-order valence-corrected chi connectivity index (χ1v) is 7.07. The monoisotopic (exact) mass is 426 g/mol. The molecule has 1 aromatic rings. The molecular formula is C15H25F2IN4. The Labute approximate surface area is 148 Å². The molecule has 0 aliphatic rings. The summed E-state index contributed by atoms with van der Waals surface area (Å²) in [4.78, 5) is 7.92. The number of halogens is 3. The molecule has 7 heteroatoms. The third kappa shape index (κ3) is 5.35. The Kier molecular flexibility index (Phi) is 9.50. The van der Waals surface area contributed by atoms with Gasteiger partial charge >= 0.3 is 0 Å². The molecule has 0 saturated heterocycles. The van der Waals surface area contributed by atoms with Crippen molar-refractivity contribution in [3.8, 4) is 0 Å². The van der Waals surface area contributed by atoms with Gasteiger partial charge in [0.05, 0.1) is 12.6 Å². The lowest BCUT2D eigenvalue weighted by atomic mass is 10.0. The highest BCUT2D eigenvalue weighted by Crippen LogP contribution is 2.24. The SMILES string of the molecule is CCN(CC)C(N)=NCC(c1c(F)cccc1F)N(C)C.I. The minimum atomic E-state index is -0.565. The van der Waals surface area contributed by atoms with Crippen molar-refractivity contribution in [2.24, 2.45) is 10.7 Å². The highest BCUT2D eigenvalue weighted by atomic mass is 127. The number of guanidine groups is 1. The van der Waals surface area contributed by atoms with Crippen LogP contribution in [0.2, 0.25) is 0 Å². The number of nitrogens with zero attached hydrogens (tertiary/aromatic N) is 3. The van der Waals surface area contributed by atoms with Gasteiger partial charge in [0.2, 0.25) is 0 Å². The number of likely N-dealkylation sites (N-methyl/N-ethyl adjacent to an activating group) is 1. The summed E-state index contributed by atoms with van der Waals surface area (Å²) in [6.07, 6.45) is 0. The highest BCUT2D eigenvalue weighted by Gasteiger charge is 2.22. The van der Waals surface area contributed by atoms with Crippen LogP contribution in [0, 0.1) is 11.6 Å². The van der Waals surface area contributed by atoms with Crippen molar-refractivity contribution in [1.82, 2.24) is 9.80 Å². The van der Waals surface area contributed by atoms with Gasteiger partial charge in [0.1, 0.15) is 11.6 Å². The van der Waals surface area contributed by atoms with Crippen molar-refractivity contribution in [3.05, 3.63) is 35.4 Å². The van der Waals surface area contributed by atoms with Gasteiger partial charge in [-0.25, -0.2) is 8.78 Å². The first-order valence-electron chi connectivity index (χ1n) is 7.07. The quantitative estimate of drug-likeness (QED) is 0.433. The van der Waals surface area contributed by atoms with Crippen molar-refractivity contribution >= 4 is 29.9 Å². The molecule has 0 spiro atoms. The molecule has 0 aromatic heterocycles. The Morgan fingerprint density at radius 3 is 2.09 bits per heavy atom. The lowest BCUT2D eigenvalue weighted by Gasteiger charge is -2.25. The second-order valence-corrected chi connectivity index (χ2v) is 4.99. The van der Waals surface area contributed by atoms with E-state index in [2.05, 4.69) is 4.99 Å². The second kappa shape index (κ2) is 9.94. The molecule has 1 aromatic carbocycles. The Balaban J connectivity index is 0.00000441. The van der Waals surface area contributed by atoms with Gasteiger partial charge in [-0.05, 0) is 40.1 Å². The van der Waals surface area contributed by atoms with Crippen LogP contribution < -0.4 is 5.73 Å². The van der Waals surface area contributed by atoms with Gasteiger partial charge in [-0.2, -0.15) is 0 Å². The van der Waals surface area contributed by atoms with E-state index >= 15 is 0 Å². The highest BCUT2D eigenvalue weighted by molar-refractivity contribution is 14.0. The van der Waals surface area contributed by atoms with E-state index in [4.69, 9.17) is 5.73 Å². The maximum absolute atomic E-state index is 13.9. The van der Waals surface area contributed by atoms with E-state index in [1.807, 2.05) is 18.7 Å². The van der Waals surface area contributed by atoms with E-state index in [1.54, 1.807) is 19.0 Å². The maximum Gasteiger partial charge on any atom is 0.191 e. The lowest BCUT2D eigenvalue weighted by Crippen LogP contribution is -2.38. The molecular weight excluding hydrogens is 401 g/mol. The smallest absolute Gasteiger partial charge is 0.191 e. The van der Waals surface area contributed by atoms with E-state index < -0.39 is 17.7 Å². The zero-order chi connectivity index (χ0) is 16.0. The molecule has 1 atom stereocenters. The molecule has 0 bridgehead atoms. The zero-order valence-corrected chi connectivity index (χ0v) is 15.8. The number of benzene rings is 1. The van der Waals surface area contributed by atoms with Crippen molar-refractivity contribution in [2.45, 2.75) is 19.9 Å². The van der Waals surface area contributed by atoms with Crippen LogP contribution in [0.4, 0.5) is 8.78 Å². The van der Waals surface area contributed by atoms with Crippen LogP contribution in [0.5, 0.6) is 0 Å². The Morgan fingerprint density at radius 2 is 1.68 bits per heavy atom. The Hall–Kier alpha value is -0.960. The molecule has 0 radical (unpaired) electrons. The molecule has 0 heterocycles. The topological polar surface area (TPSA) is 44.9 Å². The summed E-state index contributed by atoms with van der Waals surface area (Å²) in [7, 11) is 3.53. The van der Waals surface area contributed by atoms with Crippen molar-refractivity contribution in [1.29, 1.82) is 0 Å². The molecule has 4 nitrogen and oxygen atoms in total. The van der Waals surface area contributed by atoms with Gasteiger partial charge in [0, 0.05) is 18.7 Å². The van der Waals surface area contributed by atoms with Crippen LogP contribution in [-0.4, -0.2) is 49.5 Å². The number of hydrogen-bond acceptors (Lipinski definition) is 2. The molecule has 0 fully saturated rings. The van der Waals surface area contributed by atoms with Gasteiger partial charge in [-0.1, -0.05) is 6.07 Å². The van der Waals surface area contributed by atoms with E-state index in [1.165, 1.54) is 18.2 Å². The molecule has 0 aliphatic heterocycles. The van der Waals surface area contributed by atoms with Gasteiger partial charge in [0.15, 0.2) is 5.96 Å². The predicted octanol–water partition coefficient (Wildman–Crippen LogP) is 2.84. The molecule has 0 amide bonds. The number of rotatable bonds is 6. The molecule has 22 heavy (non-hydrogen) atoms. The van der Waals surface area contributed by atoms with Gasteiger partial charge in [-0.15, -0.1) is 24.0 Å². The third-order valence-corrected chi connectivity index (χ3v) is 3.47. The van der Waals surface area contributed by atoms with Crippen LogP contribution in [0.3, 0.4) is 0 Å². The van der Waals surface area contributed by atoms with Crippen LogP contribution >= 0.6 is 24.0 Å². The predicted molar refractivity (Wildman–Crippen MR) is 97.6 cm³/mol. The van der Waals surface area contributed by atoms with Crippen LogP contribution in [0.15, 0.2) is 23.2 Å². The third-order valence-electron chi connectivity index (χ3n) is 3.47. The van der Waals surface area contributed by atoms with Crippen LogP contribution in [0.25, 0.3) is 0 Å². The minimum absolute atomic E-state index is 0. The molecule has 0 saturated carbocycles. The fourth-order valence-electron chi connectivity index (χ4n) is 2.17. The van der Waals surface area contributed by atoms with Crippen molar-refractivity contribution in [2.75, 3.05) is 33.7 Å². The van der Waals surface area contributed by atoms with Crippen molar-refractivity contribution < 1.29 is 8.78 Å². The average molecular weight is 426 g/mol. The lowest BCUT2D eigenvalue weighted by molar-refractivity contribution is 0.289. The van der Waals surface area contributed by atoms with E-state index in [0.29, 0.717) is 5.96 Å². The second-order valence-electron chi connectivity index (χ2n) is 4.99. The largest absolute Gasteiger partial charge is 0.370 e. The van der Waals surface area contributed by atoms with Crippen LogP contribution in [0.1, 0.15) is 25.5 Å². The van der Waals surface area contributed by atoms with E-state index in [9.17, 15) is 8.78 Å². The van der Waals surface area contributed by atoms with E-state index in [-0.39, 0.29) is 36.1 Å². The van der Waals surface area contributed by atoms with Gasteiger partial charge < -0.3 is 15.5 Å². The normalized spacial score (nSPS) is 13.0. The molecule has 2 N–H and O–H groups in total. The summed E-state index contributed by atoms with van der Waals surface area (Å²) < 4.78 is 27.8. The molecule has 126 valence electrons. The number of aliphatic imine (C=N–C) groups is 1. The van der Waals surface area contributed by atoms with E-state index in [0.717, 1.165) is 13.1 Å². The van der Waals surface area contributed by atoms with Crippen LogP contribution in [-0.2, 0) is 0 Å². The Morgan fingerprint density at radius 1 is 1.18 bits per heavy atom. The summed E-state index contributed by atoms with van der Waals surface area (Å²) in [5.41, 5.74) is 5.94.